The zero-order valence-corrected chi connectivity index (χ0v) is 10.9. The van der Waals surface area contributed by atoms with E-state index in [4.69, 9.17) is 5.73 Å². The van der Waals surface area contributed by atoms with Gasteiger partial charge in [0.2, 0.25) is 0 Å². The summed E-state index contributed by atoms with van der Waals surface area (Å²) >= 11 is 3.43. The van der Waals surface area contributed by atoms with Crippen LogP contribution in [0.2, 0.25) is 0 Å². The Morgan fingerprint density at radius 1 is 1.33 bits per heavy atom. The highest BCUT2D eigenvalue weighted by Gasteiger charge is 2.10. The summed E-state index contributed by atoms with van der Waals surface area (Å²) in [6.45, 7) is 4.67. The molecule has 1 rings (SSSR count). The van der Waals surface area contributed by atoms with Crippen molar-refractivity contribution in [3.63, 3.8) is 0 Å². The first-order chi connectivity index (χ1) is 7.07. The van der Waals surface area contributed by atoms with Gasteiger partial charge in [-0.2, -0.15) is 0 Å². The molecule has 0 aromatic heterocycles. The van der Waals surface area contributed by atoms with Gasteiger partial charge in [-0.05, 0) is 56.8 Å². The van der Waals surface area contributed by atoms with E-state index in [0.717, 1.165) is 47.0 Å². The van der Waals surface area contributed by atoms with Crippen molar-refractivity contribution < 1.29 is 5.11 Å². The lowest BCUT2D eigenvalue weighted by Gasteiger charge is -2.12. The molecule has 0 heterocycles. The maximum atomic E-state index is 10.00. The van der Waals surface area contributed by atoms with Gasteiger partial charge in [-0.1, -0.05) is 15.9 Å². The minimum absolute atomic E-state index is 0.430. The highest BCUT2D eigenvalue weighted by Crippen LogP contribution is 2.32. The predicted octanol–water partition coefficient (Wildman–Crippen LogP) is 3.05. The van der Waals surface area contributed by atoms with Crippen LogP contribution in [0.5, 0.6) is 5.75 Å². The summed E-state index contributed by atoms with van der Waals surface area (Å²) in [5.41, 5.74) is 8.57. The molecule has 0 amide bonds. The van der Waals surface area contributed by atoms with Gasteiger partial charge < -0.3 is 10.8 Å². The molecule has 0 atom stereocenters. The van der Waals surface area contributed by atoms with Gasteiger partial charge in [0.05, 0.1) is 0 Å². The summed E-state index contributed by atoms with van der Waals surface area (Å²) in [4.78, 5) is 0. The van der Waals surface area contributed by atoms with Gasteiger partial charge in [-0.3, -0.25) is 0 Å². The van der Waals surface area contributed by atoms with E-state index in [-0.39, 0.29) is 0 Å². The number of hydrogen-bond donors (Lipinski definition) is 2. The van der Waals surface area contributed by atoms with E-state index < -0.39 is 0 Å². The molecule has 84 valence electrons. The second-order valence-electron chi connectivity index (χ2n) is 3.87. The van der Waals surface area contributed by atoms with Crippen LogP contribution in [-0.2, 0) is 6.42 Å². The fourth-order valence-electron chi connectivity index (χ4n) is 1.67. The maximum Gasteiger partial charge on any atom is 0.123 e. The summed E-state index contributed by atoms with van der Waals surface area (Å²) in [5.74, 6) is 0.430. The Morgan fingerprint density at radius 2 is 2.00 bits per heavy atom. The van der Waals surface area contributed by atoms with Gasteiger partial charge in [0, 0.05) is 10.0 Å². The summed E-state index contributed by atoms with van der Waals surface area (Å²) < 4.78 is 0.972. The molecule has 0 bridgehead atoms. The van der Waals surface area contributed by atoms with E-state index >= 15 is 0 Å². The maximum absolute atomic E-state index is 10.00. The van der Waals surface area contributed by atoms with Crippen molar-refractivity contribution in [2.24, 2.45) is 5.73 Å². The third-order valence-corrected chi connectivity index (χ3v) is 3.52. The van der Waals surface area contributed by atoms with E-state index in [1.165, 1.54) is 0 Å². The minimum atomic E-state index is 0.430. The molecule has 2 nitrogen and oxygen atoms in total. The van der Waals surface area contributed by atoms with Crippen molar-refractivity contribution >= 4 is 15.9 Å². The molecule has 0 aliphatic carbocycles. The van der Waals surface area contributed by atoms with Crippen molar-refractivity contribution in [3.8, 4) is 5.75 Å². The van der Waals surface area contributed by atoms with Crippen molar-refractivity contribution in [2.45, 2.75) is 33.1 Å². The predicted molar refractivity (Wildman–Crippen MR) is 67.3 cm³/mol. The first-order valence-electron chi connectivity index (χ1n) is 5.25. The highest BCUT2D eigenvalue weighted by molar-refractivity contribution is 9.10. The SMILES string of the molecule is Cc1cc(Br)c(C)c(O)c1CCCCN. The van der Waals surface area contributed by atoms with Crippen LogP contribution in [0, 0.1) is 13.8 Å². The van der Waals surface area contributed by atoms with Crippen LogP contribution in [0.3, 0.4) is 0 Å². The fourth-order valence-corrected chi connectivity index (χ4v) is 2.20. The van der Waals surface area contributed by atoms with Crippen molar-refractivity contribution in [2.75, 3.05) is 6.54 Å². The zero-order chi connectivity index (χ0) is 11.4. The number of rotatable bonds is 4. The van der Waals surface area contributed by atoms with E-state index in [9.17, 15) is 5.11 Å². The smallest absolute Gasteiger partial charge is 0.123 e. The number of hydrogen-bond acceptors (Lipinski definition) is 2. The summed E-state index contributed by atoms with van der Waals surface area (Å²) in [6, 6.07) is 2.06. The molecule has 0 fully saturated rings. The zero-order valence-electron chi connectivity index (χ0n) is 9.31. The normalized spacial score (nSPS) is 10.7. The third-order valence-electron chi connectivity index (χ3n) is 2.70. The molecular weight excluding hydrogens is 254 g/mol. The van der Waals surface area contributed by atoms with Crippen LogP contribution >= 0.6 is 15.9 Å². The number of phenols is 1. The molecule has 0 aliphatic heterocycles. The van der Waals surface area contributed by atoms with Gasteiger partial charge in [0.25, 0.3) is 0 Å². The molecule has 1 aromatic carbocycles. The third kappa shape index (κ3) is 2.95. The van der Waals surface area contributed by atoms with E-state index in [2.05, 4.69) is 22.0 Å². The fraction of sp³-hybridized carbons (Fsp3) is 0.500. The minimum Gasteiger partial charge on any atom is -0.507 e. The number of halogens is 1. The van der Waals surface area contributed by atoms with E-state index in [0.29, 0.717) is 5.75 Å². The quantitative estimate of drug-likeness (QED) is 0.827. The summed E-state index contributed by atoms with van der Waals surface area (Å²) in [6.07, 6.45) is 2.95. The second-order valence-corrected chi connectivity index (χ2v) is 4.73. The van der Waals surface area contributed by atoms with E-state index in [1.807, 2.05) is 13.8 Å². The van der Waals surface area contributed by atoms with Gasteiger partial charge >= 0.3 is 0 Å². The number of phenolic OH excluding ortho intramolecular Hbond substituents is 1. The molecule has 1 aromatic rings. The Bertz CT molecular complexity index is 350. The lowest BCUT2D eigenvalue weighted by Crippen LogP contribution is -2.00. The van der Waals surface area contributed by atoms with Crippen LogP contribution in [0.1, 0.15) is 29.5 Å². The van der Waals surface area contributed by atoms with Gasteiger partial charge in [-0.25, -0.2) is 0 Å². The Morgan fingerprint density at radius 3 is 2.60 bits per heavy atom. The standard InChI is InChI=1S/C12H18BrNO/c1-8-7-11(13)9(2)12(15)10(8)5-3-4-6-14/h7,15H,3-6,14H2,1-2H3. The van der Waals surface area contributed by atoms with Crippen molar-refractivity contribution in [1.82, 2.24) is 0 Å². The van der Waals surface area contributed by atoms with Crippen LogP contribution in [0.25, 0.3) is 0 Å². The number of aromatic hydroxyl groups is 1. The molecule has 0 spiro atoms. The molecule has 0 saturated heterocycles. The largest absolute Gasteiger partial charge is 0.507 e. The van der Waals surface area contributed by atoms with Gasteiger partial charge in [0.15, 0.2) is 0 Å². The molecule has 0 unspecified atom stereocenters. The Hall–Kier alpha value is -0.540. The average Bonchev–Trinajstić information content (AvgIpc) is 2.20. The Labute approximate surface area is 99.6 Å². The molecular formula is C12H18BrNO. The molecule has 0 saturated carbocycles. The first-order valence-corrected chi connectivity index (χ1v) is 6.04. The van der Waals surface area contributed by atoms with Gasteiger partial charge in [-0.15, -0.1) is 0 Å². The monoisotopic (exact) mass is 271 g/mol. The summed E-state index contributed by atoms with van der Waals surface area (Å²) in [7, 11) is 0. The molecule has 3 heteroatoms. The Kier molecular flexibility index (Phi) is 4.61. The van der Waals surface area contributed by atoms with Crippen molar-refractivity contribution in [3.05, 3.63) is 27.2 Å². The van der Waals surface area contributed by atoms with Crippen LogP contribution in [0.15, 0.2) is 10.5 Å². The van der Waals surface area contributed by atoms with Crippen LogP contribution in [0.4, 0.5) is 0 Å². The van der Waals surface area contributed by atoms with Crippen molar-refractivity contribution in [1.29, 1.82) is 0 Å². The number of nitrogens with two attached hydrogens (primary N) is 1. The molecule has 0 aliphatic rings. The first kappa shape index (κ1) is 12.5. The lowest BCUT2D eigenvalue weighted by atomic mass is 9.99. The average molecular weight is 272 g/mol. The number of unbranched alkanes of at least 4 members (excludes halogenated alkanes) is 1. The lowest BCUT2D eigenvalue weighted by molar-refractivity contribution is 0.461. The topological polar surface area (TPSA) is 46.2 Å². The van der Waals surface area contributed by atoms with Crippen LogP contribution in [-0.4, -0.2) is 11.7 Å². The molecule has 15 heavy (non-hydrogen) atoms. The highest BCUT2D eigenvalue weighted by atomic mass is 79.9. The van der Waals surface area contributed by atoms with E-state index in [1.54, 1.807) is 0 Å². The molecule has 0 radical (unpaired) electrons. The summed E-state index contributed by atoms with van der Waals surface area (Å²) in [5, 5.41) is 10.00. The molecule has 3 N–H and O–H groups in total. The Balaban J connectivity index is 2.92. The number of benzene rings is 1. The second kappa shape index (κ2) is 5.52. The van der Waals surface area contributed by atoms with Crippen LogP contribution < -0.4 is 5.73 Å². The van der Waals surface area contributed by atoms with Gasteiger partial charge in [0.1, 0.15) is 5.75 Å². The number of aryl methyl sites for hydroxylation is 1.